The molecule has 0 unspecified atom stereocenters. The summed E-state index contributed by atoms with van der Waals surface area (Å²) >= 11 is 0. The molecule has 0 radical (unpaired) electrons. The number of para-hydroxylation sites is 1. The van der Waals surface area contributed by atoms with Crippen LogP contribution in [0.1, 0.15) is 18.4 Å². The van der Waals surface area contributed by atoms with Gasteiger partial charge >= 0.3 is 0 Å². The van der Waals surface area contributed by atoms with Crippen LogP contribution in [-0.4, -0.2) is 26.1 Å². The molecule has 0 heterocycles. The highest BCUT2D eigenvalue weighted by Gasteiger charge is 2.05. The SMILES string of the molecule is C=CCOc1ccccc1CNC(=O)CCCNC. The summed E-state index contributed by atoms with van der Waals surface area (Å²) in [5.41, 5.74) is 0.978. The van der Waals surface area contributed by atoms with Crippen molar-refractivity contribution in [3.8, 4) is 5.75 Å². The molecule has 0 aliphatic rings. The molecule has 0 aliphatic carbocycles. The van der Waals surface area contributed by atoms with Gasteiger partial charge in [0.25, 0.3) is 0 Å². The van der Waals surface area contributed by atoms with E-state index in [2.05, 4.69) is 17.2 Å². The Morgan fingerprint density at radius 2 is 2.21 bits per heavy atom. The van der Waals surface area contributed by atoms with Gasteiger partial charge in [0, 0.05) is 18.5 Å². The van der Waals surface area contributed by atoms with E-state index in [1.807, 2.05) is 31.3 Å². The third-order valence-corrected chi connectivity index (χ3v) is 2.64. The van der Waals surface area contributed by atoms with Crippen LogP contribution >= 0.6 is 0 Å². The van der Waals surface area contributed by atoms with E-state index in [-0.39, 0.29) is 5.91 Å². The lowest BCUT2D eigenvalue weighted by molar-refractivity contribution is -0.121. The van der Waals surface area contributed by atoms with Gasteiger partial charge in [-0.1, -0.05) is 30.9 Å². The van der Waals surface area contributed by atoms with E-state index in [0.29, 0.717) is 19.6 Å². The van der Waals surface area contributed by atoms with Crippen molar-refractivity contribution in [3.63, 3.8) is 0 Å². The minimum atomic E-state index is 0.0637. The van der Waals surface area contributed by atoms with E-state index in [9.17, 15) is 4.79 Å². The van der Waals surface area contributed by atoms with Gasteiger partial charge in [-0.15, -0.1) is 0 Å². The number of ether oxygens (including phenoxy) is 1. The quantitative estimate of drug-likeness (QED) is 0.527. The lowest BCUT2D eigenvalue weighted by Gasteiger charge is -2.11. The van der Waals surface area contributed by atoms with Crippen LogP contribution in [0.2, 0.25) is 0 Å². The molecule has 0 bridgehead atoms. The molecule has 4 heteroatoms. The number of carbonyl (C=O) groups excluding carboxylic acids is 1. The Labute approximate surface area is 114 Å². The molecule has 1 aromatic rings. The molecule has 2 N–H and O–H groups in total. The smallest absolute Gasteiger partial charge is 0.220 e. The van der Waals surface area contributed by atoms with E-state index < -0.39 is 0 Å². The van der Waals surface area contributed by atoms with E-state index in [4.69, 9.17) is 4.74 Å². The van der Waals surface area contributed by atoms with Crippen molar-refractivity contribution in [1.29, 1.82) is 0 Å². The van der Waals surface area contributed by atoms with Gasteiger partial charge in [0.1, 0.15) is 12.4 Å². The third-order valence-electron chi connectivity index (χ3n) is 2.64. The minimum absolute atomic E-state index is 0.0637. The van der Waals surface area contributed by atoms with Crippen LogP contribution in [0.25, 0.3) is 0 Å². The summed E-state index contributed by atoms with van der Waals surface area (Å²) in [5, 5.41) is 5.92. The molecule has 104 valence electrons. The van der Waals surface area contributed by atoms with Crippen LogP contribution in [0.4, 0.5) is 0 Å². The number of rotatable bonds is 9. The molecule has 0 saturated heterocycles. The average Bonchev–Trinajstić information content (AvgIpc) is 2.44. The predicted octanol–water partition coefficient (Wildman–Crippen LogP) is 1.87. The van der Waals surface area contributed by atoms with Gasteiger partial charge in [0.05, 0.1) is 0 Å². The van der Waals surface area contributed by atoms with Gasteiger partial charge < -0.3 is 15.4 Å². The second-order valence-electron chi connectivity index (χ2n) is 4.19. The van der Waals surface area contributed by atoms with E-state index in [1.165, 1.54) is 0 Å². The molecule has 0 aromatic heterocycles. The largest absolute Gasteiger partial charge is 0.489 e. The minimum Gasteiger partial charge on any atom is -0.489 e. The maximum absolute atomic E-state index is 11.6. The zero-order valence-corrected chi connectivity index (χ0v) is 11.4. The summed E-state index contributed by atoms with van der Waals surface area (Å²) in [5.74, 6) is 0.853. The van der Waals surface area contributed by atoms with Crippen LogP contribution in [0.5, 0.6) is 5.75 Å². The molecular formula is C15H22N2O2. The number of carbonyl (C=O) groups is 1. The van der Waals surface area contributed by atoms with Gasteiger partial charge in [-0.3, -0.25) is 4.79 Å². The molecule has 0 aliphatic heterocycles. The fraction of sp³-hybridized carbons (Fsp3) is 0.400. The van der Waals surface area contributed by atoms with Crippen LogP contribution < -0.4 is 15.4 Å². The summed E-state index contributed by atoms with van der Waals surface area (Å²) < 4.78 is 5.54. The van der Waals surface area contributed by atoms with Crippen molar-refractivity contribution in [1.82, 2.24) is 10.6 Å². The number of amides is 1. The number of nitrogens with one attached hydrogen (secondary N) is 2. The normalized spacial score (nSPS) is 9.95. The summed E-state index contributed by atoms with van der Waals surface area (Å²) in [6, 6.07) is 7.69. The molecule has 1 rings (SSSR count). The second kappa shape index (κ2) is 9.16. The highest BCUT2D eigenvalue weighted by molar-refractivity contribution is 5.75. The lowest BCUT2D eigenvalue weighted by Crippen LogP contribution is -2.24. The van der Waals surface area contributed by atoms with Crippen molar-refractivity contribution >= 4 is 5.91 Å². The second-order valence-corrected chi connectivity index (χ2v) is 4.19. The molecule has 0 spiro atoms. The van der Waals surface area contributed by atoms with Crippen molar-refractivity contribution < 1.29 is 9.53 Å². The third kappa shape index (κ3) is 6.06. The van der Waals surface area contributed by atoms with E-state index >= 15 is 0 Å². The van der Waals surface area contributed by atoms with Crippen LogP contribution in [0, 0.1) is 0 Å². The Bertz CT molecular complexity index is 405. The van der Waals surface area contributed by atoms with Crippen molar-refractivity contribution in [2.75, 3.05) is 20.2 Å². The maximum atomic E-state index is 11.6. The van der Waals surface area contributed by atoms with E-state index in [0.717, 1.165) is 24.3 Å². The standard InChI is InChI=1S/C15H22N2O2/c1-3-11-19-14-8-5-4-7-13(14)12-17-15(18)9-6-10-16-2/h3-5,7-8,16H,1,6,9-12H2,2H3,(H,17,18). The molecule has 0 saturated carbocycles. The fourth-order valence-electron chi connectivity index (χ4n) is 1.65. The van der Waals surface area contributed by atoms with Gasteiger partial charge in [0.2, 0.25) is 5.91 Å². The van der Waals surface area contributed by atoms with Crippen LogP contribution in [0.15, 0.2) is 36.9 Å². The summed E-state index contributed by atoms with van der Waals surface area (Å²) in [6.45, 7) is 5.43. The Morgan fingerprint density at radius 1 is 1.42 bits per heavy atom. The lowest BCUT2D eigenvalue weighted by atomic mass is 10.2. The van der Waals surface area contributed by atoms with Crippen molar-refractivity contribution in [3.05, 3.63) is 42.5 Å². The molecular weight excluding hydrogens is 240 g/mol. The zero-order valence-electron chi connectivity index (χ0n) is 11.4. The van der Waals surface area contributed by atoms with E-state index in [1.54, 1.807) is 6.08 Å². The first kappa shape index (κ1) is 15.2. The topological polar surface area (TPSA) is 50.4 Å². The first-order valence-electron chi connectivity index (χ1n) is 6.50. The van der Waals surface area contributed by atoms with Gasteiger partial charge in [-0.2, -0.15) is 0 Å². The molecule has 1 amide bonds. The summed E-state index contributed by atoms with van der Waals surface area (Å²) in [4.78, 5) is 11.6. The molecule has 19 heavy (non-hydrogen) atoms. The Morgan fingerprint density at radius 3 is 2.95 bits per heavy atom. The molecule has 0 fully saturated rings. The maximum Gasteiger partial charge on any atom is 0.220 e. The molecule has 0 atom stereocenters. The molecule has 1 aromatic carbocycles. The van der Waals surface area contributed by atoms with Gasteiger partial charge in [0.15, 0.2) is 0 Å². The van der Waals surface area contributed by atoms with Gasteiger partial charge in [-0.25, -0.2) is 0 Å². The Kier molecular flexibility index (Phi) is 7.35. The monoisotopic (exact) mass is 262 g/mol. The average molecular weight is 262 g/mol. The zero-order chi connectivity index (χ0) is 13.9. The van der Waals surface area contributed by atoms with Crippen LogP contribution in [0.3, 0.4) is 0 Å². The van der Waals surface area contributed by atoms with Crippen molar-refractivity contribution in [2.24, 2.45) is 0 Å². The number of hydrogen-bond donors (Lipinski definition) is 2. The van der Waals surface area contributed by atoms with Crippen LogP contribution in [-0.2, 0) is 11.3 Å². The molecule has 4 nitrogen and oxygen atoms in total. The Balaban J connectivity index is 2.43. The first-order valence-corrected chi connectivity index (χ1v) is 6.50. The van der Waals surface area contributed by atoms with Crippen molar-refractivity contribution in [2.45, 2.75) is 19.4 Å². The number of benzene rings is 1. The van der Waals surface area contributed by atoms with Gasteiger partial charge in [-0.05, 0) is 26.1 Å². The summed E-state index contributed by atoms with van der Waals surface area (Å²) in [7, 11) is 1.88. The summed E-state index contributed by atoms with van der Waals surface area (Å²) in [6.07, 6.45) is 3.08. The fourth-order valence-corrected chi connectivity index (χ4v) is 1.65. The first-order chi connectivity index (χ1) is 9.27. The predicted molar refractivity (Wildman–Crippen MR) is 77.1 cm³/mol. The highest BCUT2D eigenvalue weighted by Crippen LogP contribution is 2.17. The Hall–Kier alpha value is -1.81. The number of hydrogen-bond acceptors (Lipinski definition) is 3. The highest BCUT2D eigenvalue weighted by atomic mass is 16.5.